The Balaban J connectivity index is 1.53. The fraction of sp³-hybridized carbons (Fsp3) is 0.147. The molecule has 0 atom stereocenters. The SMILES string of the molecule is CCc1ccc(Cn2nnc3c2=c2ccccc2=c2nnn(Cc4ccc(C(=O)OC)cc4)c2=c2ccccc2=3)cc1. The van der Waals surface area contributed by atoms with E-state index in [-0.39, 0.29) is 5.97 Å². The molecule has 8 nitrogen and oxygen atoms in total. The van der Waals surface area contributed by atoms with Gasteiger partial charge in [0.05, 0.1) is 36.5 Å². The van der Waals surface area contributed by atoms with Crippen LogP contribution >= 0.6 is 0 Å². The monoisotopic (exact) mass is 552 g/mol. The Hall–Kier alpha value is -5.37. The second-order valence-electron chi connectivity index (χ2n) is 10.3. The molecule has 206 valence electrons. The molecule has 0 N–H and O–H groups in total. The number of benzene rings is 4. The summed E-state index contributed by atoms with van der Waals surface area (Å²) in [5, 5.41) is 26.2. The summed E-state index contributed by atoms with van der Waals surface area (Å²) >= 11 is 0. The lowest BCUT2D eigenvalue weighted by molar-refractivity contribution is 0.0600. The molecular weight excluding hydrogens is 524 g/mol. The Bertz CT molecular complexity index is 2340. The third kappa shape index (κ3) is 4.37. The third-order valence-electron chi connectivity index (χ3n) is 7.82. The topological polar surface area (TPSA) is 87.7 Å². The predicted molar refractivity (Wildman–Crippen MR) is 155 cm³/mol. The van der Waals surface area contributed by atoms with Crippen LogP contribution in [0, 0.1) is 42.3 Å². The van der Waals surface area contributed by atoms with E-state index in [0.29, 0.717) is 18.7 Å². The average molecular weight is 553 g/mol. The molecule has 4 aromatic carbocycles. The first-order valence-corrected chi connectivity index (χ1v) is 14.0. The van der Waals surface area contributed by atoms with E-state index in [1.54, 1.807) is 12.1 Å². The third-order valence-corrected chi connectivity index (χ3v) is 7.82. The van der Waals surface area contributed by atoms with Crippen LogP contribution in [-0.2, 0) is 24.2 Å². The highest BCUT2D eigenvalue weighted by Crippen LogP contribution is 2.14. The van der Waals surface area contributed by atoms with E-state index in [2.05, 4.69) is 65.9 Å². The minimum atomic E-state index is -0.361. The van der Waals surface area contributed by atoms with Crippen molar-refractivity contribution >= 4 is 5.97 Å². The summed E-state index contributed by atoms with van der Waals surface area (Å²) in [5.41, 5.74) is 3.97. The van der Waals surface area contributed by atoms with Gasteiger partial charge in [0.15, 0.2) is 0 Å². The first kappa shape index (κ1) is 25.6. The largest absolute Gasteiger partial charge is 0.465 e. The van der Waals surface area contributed by atoms with Gasteiger partial charge in [-0.15, -0.1) is 10.2 Å². The lowest BCUT2D eigenvalue weighted by Crippen LogP contribution is -2.06. The molecule has 2 aromatic heterocycles. The van der Waals surface area contributed by atoms with E-state index < -0.39 is 0 Å². The summed E-state index contributed by atoms with van der Waals surface area (Å²) in [6.45, 7) is 3.24. The van der Waals surface area contributed by atoms with Crippen LogP contribution in [0.1, 0.15) is 34.0 Å². The Morgan fingerprint density at radius 1 is 0.619 bits per heavy atom. The van der Waals surface area contributed by atoms with Gasteiger partial charge in [0.25, 0.3) is 0 Å². The predicted octanol–water partition coefficient (Wildman–Crippen LogP) is 4.78. The van der Waals surface area contributed by atoms with Gasteiger partial charge >= 0.3 is 5.97 Å². The molecule has 2 heterocycles. The zero-order chi connectivity index (χ0) is 28.6. The Kier molecular flexibility index (Phi) is 6.43. The lowest BCUT2D eigenvalue weighted by Gasteiger charge is -2.05. The molecule has 0 spiro atoms. The summed E-state index contributed by atoms with van der Waals surface area (Å²) in [6, 6.07) is 32.5. The molecule has 0 bridgehead atoms. The standard InChI is InChI=1S/C34H28N6O2/c1-3-22-12-14-23(15-13-22)20-39-32-28-10-6-4-8-26(28)31-33(29-11-7-5-9-27(29)30(32)35-37-39)40(38-36-31)21-24-16-18-25(19-17-24)34(41)42-2/h4-19H,3,20-21H2,1-2H3. The first-order chi connectivity index (χ1) is 20.6. The van der Waals surface area contributed by atoms with Gasteiger partial charge in [-0.1, -0.05) is 102 Å². The van der Waals surface area contributed by atoms with Gasteiger partial charge in [-0.2, -0.15) is 0 Å². The number of rotatable bonds is 6. The van der Waals surface area contributed by atoms with E-state index in [1.807, 2.05) is 45.8 Å². The van der Waals surface area contributed by atoms with Crippen molar-refractivity contribution in [3.8, 4) is 0 Å². The smallest absolute Gasteiger partial charge is 0.337 e. The molecule has 0 unspecified atom stereocenters. The minimum absolute atomic E-state index is 0.361. The van der Waals surface area contributed by atoms with Crippen molar-refractivity contribution in [2.45, 2.75) is 26.4 Å². The van der Waals surface area contributed by atoms with E-state index >= 15 is 0 Å². The number of methoxy groups -OCH3 is 1. The van der Waals surface area contributed by atoms with Crippen molar-refractivity contribution in [3.63, 3.8) is 0 Å². The van der Waals surface area contributed by atoms with Gasteiger partial charge in [-0.25, -0.2) is 14.2 Å². The van der Waals surface area contributed by atoms with Crippen molar-refractivity contribution in [1.82, 2.24) is 30.0 Å². The van der Waals surface area contributed by atoms with Crippen LogP contribution in [0.5, 0.6) is 0 Å². The number of hydrogen-bond donors (Lipinski definition) is 0. The fourth-order valence-corrected chi connectivity index (χ4v) is 5.63. The maximum absolute atomic E-state index is 11.9. The van der Waals surface area contributed by atoms with Gasteiger partial charge in [0, 0.05) is 20.9 Å². The Morgan fingerprint density at radius 2 is 1.05 bits per heavy atom. The van der Waals surface area contributed by atoms with Gasteiger partial charge < -0.3 is 4.74 Å². The highest BCUT2D eigenvalue weighted by Gasteiger charge is 2.12. The maximum atomic E-state index is 11.9. The lowest BCUT2D eigenvalue weighted by atomic mass is 10.1. The summed E-state index contributed by atoms with van der Waals surface area (Å²) in [6.07, 6.45) is 1.00. The number of aromatic nitrogens is 6. The molecule has 0 radical (unpaired) electrons. The van der Waals surface area contributed by atoms with E-state index in [9.17, 15) is 4.79 Å². The van der Waals surface area contributed by atoms with Crippen LogP contribution in [0.2, 0.25) is 0 Å². The summed E-state index contributed by atoms with van der Waals surface area (Å²) in [7, 11) is 1.38. The van der Waals surface area contributed by atoms with Crippen molar-refractivity contribution in [1.29, 1.82) is 0 Å². The van der Waals surface area contributed by atoms with E-state index in [1.165, 1.54) is 12.7 Å². The van der Waals surface area contributed by atoms with Crippen molar-refractivity contribution < 1.29 is 9.53 Å². The van der Waals surface area contributed by atoms with Crippen molar-refractivity contribution in [3.05, 3.63) is 162 Å². The van der Waals surface area contributed by atoms with Gasteiger partial charge in [0.2, 0.25) is 0 Å². The van der Waals surface area contributed by atoms with Gasteiger partial charge in [-0.05, 0) is 35.2 Å². The molecule has 0 saturated carbocycles. The van der Waals surface area contributed by atoms with Crippen LogP contribution in [-0.4, -0.2) is 43.1 Å². The number of aryl methyl sites for hydroxylation is 1. The van der Waals surface area contributed by atoms with Crippen molar-refractivity contribution in [2.75, 3.05) is 7.11 Å². The number of nitrogens with zero attached hydrogens (tertiary/aromatic N) is 6. The van der Waals surface area contributed by atoms with E-state index in [0.717, 1.165) is 59.8 Å². The number of ether oxygens (including phenoxy) is 1. The molecule has 7 rings (SSSR count). The number of carbonyl (C=O) groups excluding carboxylic acids is 1. The zero-order valence-electron chi connectivity index (χ0n) is 23.4. The molecule has 0 fully saturated rings. The molecular formula is C34H28N6O2. The fourth-order valence-electron chi connectivity index (χ4n) is 5.63. The second-order valence-corrected chi connectivity index (χ2v) is 10.3. The molecule has 0 saturated heterocycles. The van der Waals surface area contributed by atoms with Crippen LogP contribution in [0.15, 0.2) is 97.1 Å². The summed E-state index contributed by atoms with van der Waals surface area (Å²) in [5.74, 6) is -0.361. The molecule has 0 amide bonds. The first-order valence-electron chi connectivity index (χ1n) is 14.0. The minimum Gasteiger partial charge on any atom is -0.465 e. The molecule has 6 aromatic rings. The summed E-state index contributed by atoms with van der Waals surface area (Å²) < 4.78 is 8.76. The maximum Gasteiger partial charge on any atom is 0.337 e. The zero-order valence-corrected chi connectivity index (χ0v) is 23.4. The number of esters is 1. The quantitative estimate of drug-likeness (QED) is 0.276. The van der Waals surface area contributed by atoms with Crippen LogP contribution in [0.4, 0.5) is 0 Å². The normalized spacial score (nSPS) is 11.5. The average Bonchev–Trinajstić information content (AvgIpc) is 3.64. The van der Waals surface area contributed by atoms with Gasteiger partial charge in [-0.3, -0.25) is 0 Å². The Morgan fingerprint density at radius 3 is 1.50 bits per heavy atom. The molecule has 1 aliphatic carbocycles. The highest BCUT2D eigenvalue weighted by atomic mass is 16.5. The van der Waals surface area contributed by atoms with Gasteiger partial charge in [0.1, 0.15) is 10.7 Å². The number of carbonyl (C=O) groups is 1. The van der Waals surface area contributed by atoms with Crippen LogP contribution in [0.3, 0.4) is 0 Å². The summed E-state index contributed by atoms with van der Waals surface area (Å²) in [4.78, 5) is 11.9. The molecule has 8 heteroatoms. The molecule has 1 aliphatic rings. The van der Waals surface area contributed by atoms with E-state index in [4.69, 9.17) is 14.9 Å². The number of hydrogen-bond acceptors (Lipinski definition) is 6. The number of fused-ring (bicyclic) bond motifs is 4. The molecule has 42 heavy (non-hydrogen) atoms. The highest BCUT2D eigenvalue weighted by molar-refractivity contribution is 5.89. The molecule has 0 aliphatic heterocycles. The Labute approximate surface area is 240 Å². The van der Waals surface area contributed by atoms with Crippen LogP contribution < -0.4 is 0 Å². The second kappa shape index (κ2) is 10.6. The van der Waals surface area contributed by atoms with Crippen molar-refractivity contribution in [2.24, 2.45) is 0 Å². The van der Waals surface area contributed by atoms with Crippen LogP contribution in [0.25, 0.3) is 0 Å².